The number of Topliss-reactive ketones (excluding diaryl/α,β-unsaturated/α-hetero) is 2. The highest BCUT2D eigenvalue weighted by atomic mass is 79.9. The monoisotopic (exact) mass is 1850 g/mol. The molecule has 6 unspecified atom stereocenters. The van der Waals surface area contributed by atoms with Crippen molar-refractivity contribution >= 4 is 60.1 Å². The zero-order valence-corrected chi connectivity index (χ0v) is 81.3. The number of carbonyl (C=O) groups is 2. The molecule has 16 aliphatic rings. The van der Waals surface area contributed by atoms with Crippen LogP contribution in [0.3, 0.4) is 0 Å². The highest BCUT2D eigenvalue weighted by molar-refractivity contribution is 9.12. The summed E-state index contributed by atoms with van der Waals surface area (Å²) in [4.78, 5) is 28.6. The van der Waals surface area contributed by atoms with Crippen molar-refractivity contribution in [3.05, 3.63) is 46.4 Å². The van der Waals surface area contributed by atoms with Gasteiger partial charge in [0, 0.05) is 96.9 Å². The van der Waals surface area contributed by atoms with Gasteiger partial charge in [0.05, 0.1) is 97.7 Å². The predicted molar refractivity (Wildman–Crippen MR) is 474 cm³/mol. The third-order valence-corrected chi connectivity index (χ3v) is 41.2. The number of halogens is 2. The number of fused-ring (bicyclic) bond motifs is 2. The summed E-state index contributed by atoms with van der Waals surface area (Å²) in [5.41, 5.74) is 2.26. The lowest BCUT2D eigenvalue weighted by Crippen LogP contribution is -2.61. The molecule has 0 aromatic carbocycles. The van der Waals surface area contributed by atoms with Crippen molar-refractivity contribution in [2.45, 2.75) is 470 Å². The molecule has 3 N–H and O–H groups in total. The van der Waals surface area contributed by atoms with Gasteiger partial charge in [-0.1, -0.05) is 161 Å². The summed E-state index contributed by atoms with van der Waals surface area (Å²) in [6.07, 6.45) is 13.8. The molecule has 12 bridgehead atoms. The summed E-state index contributed by atoms with van der Waals surface area (Å²) < 4.78 is 110. The summed E-state index contributed by atoms with van der Waals surface area (Å²) in [5, 5.41) is 31.2. The Morgan fingerprint density at radius 1 is 0.500 bits per heavy atom. The average molecular weight is 1850 g/mol. The minimum atomic E-state index is -1.90. The maximum atomic E-state index is 14.3. The molecular formula is C95H156Br2O21Si2. The highest BCUT2D eigenvalue weighted by Gasteiger charge is 2.71. The topological polar surface area (TPSA) is 243 Å². The third-order valence-electron chi connectivity index (χ3n) is 31.5. The van der Waals surface area contributed by atoms with E-state index in [1.807, 2.05) is 0 Å². The zero-order valence-electron chi connectivity index (χ0n) is 76.1. The molecular weight excluding hydrogens is 1690 g/mol. The van der Waals surface area contributed by atoms with Gasteiger partial charge in [0.1, 0.15) is 72.6 Å². The van der Waals surface area contributed by atoms with E-state index in [1.165, 1.54) is 0 Å². The van der Waals surface area contributed by atoms with Crippen LogP contribution in [0.15, 0.2) is 46.4 Å². The lowest BCUT2D eigenvalue weighted by molar-refractivity contribution is -0.292. The second kappa shape index (κ2) is 39.9. The number of unbranched alkanes of at least 4 members (excludes halogenated alkanes) is 1. The molecule has 16 heterocycles. The minimum Gasteiger partial charge on any atom is -0.417 e. The fourth-order valence-corrected chi connectivity index (χ4v) is 25.2. The van der Waals surface area contributed by atoms with Gasteiger partial charge < -0.3 is 90.5 Å². The normalized spacial score (nSPS) is 42.2. The van der Waals surface area contributed by atoms with E-state index in [1.54, 1.807) is 0 Å². The summed E-state index contributed by atoms with van der Waals surface area (Å²) in [5.74, 6) is 0.530. The van der Waals surface area contributed by atoms with Gasteiger partial charge in [-0.05, 0) is 187 Å². The molecule has 684 valence electrons. The Hall–Kier alpha value is -1.07. The van der Waals surface area contributed by atoms with Crippen LogP contribution in [0.5, 0.6) is 0 Å². The lowest BCUT2D eigenvalue weighted by Gasteiger charge is -2.47. The average Bonchev–Trinajstić information content (AvgIpc) is 1.55. The van der Waals surface area contributed by atoms with Gasteiger partial charge in [-0.3, -0.25) is 9.59 Å². The van der Waals surface area contributed by atoms with E-state index in [9.17, 15) is 24.9 Å². The molecule has 25 heteroatoms. The third kappa shape index (κ3) is 22.4. The minimum absolute atomic E-state index is 0.00659. The van der Waals surface area contributed by atoms with E-state index < -0.39 is 40.4 Å². The maximum Gasteiger partial charge on any atom is 0.191 e. The van der Waals surface area contributed by atoms with Crippen LogP contribution in [0.1, 0.15) is 263 Å². The predicted octanol–water partition coefficient (Wildman–Crippen LogP) is 18.1. The molecule has 16 fully saturated rings. The van der Waals surface area contributed by atoms with E-state index in [0.717, 1.165) is 110 Å². The van der Waals surface area contributed by atoms with E-state index in [2.05, 4.69) is 174 Å². The lowest BCUT2D eigenvalue weighted by atomic mass is 9.78. The van der Waals surface area contributed by atoms with Crippen LogP contribution in [-0.4, -0.2) is 234 Å². The Morgan fingerprint density at radius 3 is 1.25 bits per heavy atom. The van der Waals surface area contributed by atoms with Gasteiger partial charge >= 0.3 is 0 Å². The molecule has 0 spiro atoms. The van der Waals surface area contributed by atoms with Gasteiger partial charge in [-0.25, -0.2) is 0 Å². The summed E-state index contributed by atoms with van der Waals surface area (Å²) >= 11 is 6.76. The number of hydrogen-bond donors (Lipinski definition) is 3. The molecule has 120 heavy (non-hydrogen) atoms. The quantitative estimate of drug-likeness (QED) is 0.0384. The van der Waals surface area contributed by atoms with Gasteiger partial charge in [0.25, 0.3) is 0 Å². The first-order valence-corrected chi connectivity index (χ1v) is 54.5. The van der Waals surface area contributed by atoms with E-state index in [-0.39, 0.29) is 198 Å². The number of ketones is 2. The number of carbonyl (C=O) groups excluding carboxylic acids is 2. The molecule has 0 amide bonds. The fraction of sp³-hybridized carbons (Fsp3) is 0.895. The maximum absolute atomic E-state index is 14.3. The molecule has 0 aliphatic carbocycles. The smallest absolute Gasteiger partial charge is 0.191 e. The Kier molecular flexibility index (Phi) is 32.1. The number of aliphatic hydroxyl groups is 3. The molecule has 0 aromatic heterocycles. The van der Waals surface area contributed by atoms with Gasteiger partial charge in [-0.15, -0.1) is 0 Å². The van der Waals surface area contributed by atoms with Crippen molar-refractivity contribution < 1.29 is 100 Å². The van der Waals surface area contributed by atoms with Crippen molar-refractivity contribution in [3.63, 3.8) is 0 Å². The van der Waals surface area contributed by atoms with Crippen molar-refractivity contribution in [2.24, 2.45) is 47.3 Å². The zero-order chi connectivity index (χ0) is 86.6. The number of rotatable bonds is 38. The standard InChI is InChI=1S/C48H79BrO10Si.C47H77BrO11Si/c1-12-13-14-34-20-28(3)30(5)39(53-34)24-40-36(31(6)38(55-40)19-27(2)26-52-60(10,11)47(7,8)9)23-33(51)22-35-15-16-37-42(54-35)46-45-44(56-37)43-41(57-45)25-48(58-43,59-46)18-17-32(50)21-29(4)49;1-26(25-52-60(9,10)46(6,7)8)18-37-30(5)35(39(55-37)23-38-29(4)27(2)19-33(53-38)12-11-17-49)22-32(51)21-34-13-14-36-41(54-34)45-44-43(56-36)42-40(57-44)24-47(58-42,59-45)16-15-31(50)20-28(3)48/h27-28,31-32,34-46,50H,4-5,12-26H2,1-3,6-11H3;26-27,30-31,33-45,49-50H,3-4,11-25H2,1-2,5-10H3/t27-,28+,31+,32+,34-,35+,36?,37-,38+,39+,40?,41+,42-,43-,44-,45+,46?,48-;26-,27+,30+,31+,33-,34+,35?,36-,37+,38+,39?,40+,41-,42-,43-,44+,45?,47-/m00/s1. The van der Waals surface area contributed by atoms with Crippen molar-refractivity contribution in [1.29, 1.82) is 0 Å². The van der Waals surface area contributed by atoms with Crippen LogP contribution >= 0.6 is 31.9 Å². The number of aliphatic hydroxyl groups excluding tert-OH is 3. The largest absolute Gasteiger partial charge is 0.417 e. The van der Waals surface area contributed by atoms with E-state index >= 15 is 0 Å². The molecule has 36 atom stereocenters. The first-order chi connectivity index (χ1) is 56.5. The molecule has 16 saturated heterocycles. The Labute approximate surface area is 738 Å². The van der Waals surface area contributed by atoms with Crippen LogP contribution < -0.4 is 0 Å². The van der Waals surface area contributed by atoms with Crippen LogP contribution in [0, 0.1) is 47.3 Å². The second-order valence-electron chi connectivity index (χ2n) is 43.1. The van der Waals surface area contributed by atoms with Crippen molar-refractivity contribution in [1.82, 2.24) is 0 Å². The van der Waals surface area contributed by atoms with Gasteiger partial charge in [-0.2, -0.15) is 0 Å². The van der Waals surface area contributed by atoms with Crippen LogP contribution in [0.2, 0.25) is 36.3 Å². The fourth-order valence-electron chi connectivity index (χ4n) is 22.2. The number of hydrogen-bond acceptors (Lipinski definition) is 21. The highest BCUT2D eigenvalue weighted by Crippen LogP contribution is 2.58. The van der Waals surface area contributed by atoms with Crippen LogP contribution in [0.4, 0.5) is 0 Å². The van der Waals surface area contributed by atoms with Crippen molar-refractivity contribution in [3.8, 4) is 0 Å². The first kappa shape index (κ1) is 96.5. The van der Waals surface area contributed by atoms with Crippen molar-refractivity contribution in [2.75, 3.05) is 19.8 Å². The second-order valence-corrected chi connectivity index (χ2v) is 55.0. The Morgan fingerprint density at radius 2 is 0.875 bits per heavy atom. The molecule has 0 aromatic rings. The Balaban J connectivity index is 0.000000207. The first-order valence-electron chi connectivity index (χ1n) is 47.1. The van der Waals surface area contributed by atoms with E-state index in [4.69, 9.17) is 75.2 Å². The van der Waals surface area contributed by atoms with Gasteiger partial charge in [0.2, 0.25) is 0 Å². The number of ether oxygens (including phenoxy) is 14. The molecule has 16 aliphatic heterocycles. The molecule has 0 radical (unpaired) electrons. The summed E-state index contributed by atoms with van der Waals surface area (Å²) in [6, 6.07) is 0. The summed E-state index contributed by atoms with van der Waals surface area (Å²) in [6.45, 7) is 57.2. The molecule has 21 nitrogen and oxygen atoms in total. The molecule has 16 rings (SSSR count). The van der Waals surface area contributed by atoms with Crippen LogP contribution in [0.25, 0.3) is 0 Å². The van der Waals surface area contributed by atoms with E-state index in [0.29, 0.717) is 120 Å². The Bertz CT molecular complexity index is 3260. The SMILES string of the molecule is C=C(Br)C[C@H](O)CC[C@@]12C[C@H]3O[C@H]4C(O1)[C@H]1O[C@@H](CC(=O)CC5C(C[C@H]6O[C@@H](CCCC)C[C@@H](C)C6=C)O[C@H](C[C@H](C)CO[Si](C)(C)C(C)(C)C)[C@@H]5C)CC[C@@H]1O[C@H]4[C@H]3O2.C=C(Br)C[C@H](O)CC[C@@]12C[C@H]3O[C@H]4C(O1)[C@H]1O[C@@H](CC(=O)CC5C(C[C@H]6O[C@@H](CCCO)C[C@@H](C)C6=C)O[C@H](C[C@H](C)CO[Si](C)(C)C(C)(C)C)[C@@H]5C)CC[C@@H]1O[C@H]4[C@H]3O2. The summed E-state index contributed by atoms with van der Waals surface area (Å²) in [7, 11) is -3.77. The van der Waals surface area contributed by atoms with Gasteiger partial charge in [0.15, 0.2) is 28.2 Å². The molecule has 0 saturated carbocycles. The van der Waals surface area contributed by atoms with Crippen LogP contribution in [-0.2, 0) is 84.8 Å².